The zero-order valence-electron chi connectivity index (χ0n) is 14.1. The number of hydrogen-bond donors (Lipinski definition) is 1. The highest BCUT2D eigenvalue weighted by atomic mass is 32.2. The van der Waals surface area contributed by atoms with Crippen LogP contribution >= 0.6 is 0 Å². The maximum absolute atomic E-state index is 12.8. The third-order valence-electron chi connectivity index (χ3n) is 3.49. The van der Waals surface area contributed by atoms with E-state index in [1.807, 2.05) is 5.32 Å². The van der Waals surface area contributed by atoms with E-state index >= 15 is 0 Å². The number of amides is 1. The summed E-state index contributed by atoms with van der Waals surface area (Å²) in [6.45, 7) is 0. The van der Waals surface area contributed by atoms with Crippen LogP contribution in [0.15, 0.2) is 42.5 Å². The molecule has 0 unspecified atom stereocenters. The zero-order valence-corrected chi connectivity index (χ0v) is 15.0. The quantitative estimate of drug-likeness (QED) is 0.733. The highest BCUT2D eigenvalue weighted by molar-refractivity contribution is 7.89. The molecule has 1 N–H and O–H groups in total. The van der Waals surface area contributed by atoms with Crippen LogP contribution in [0.1, 0.15) is 27.0 Å². The van der Waals surface area contributed by atoms with Gasteiger partial charge in [-0.05, 0) is 35.9 Å². The number of carbonyl (C=O) groups is 1. The van der Waals surface area contributed by atoms with Crippen molar-refractivity contribution >= 4 is 21.4 Å². The van der Waals surface area contributed by atoms with Crippen LogP contribution in [0, 0.1) is 0 Å². The van der Waals surface area contributed by atoms with Gasteiger partial charge in [0.2, 0.25) is 0 Å². The molecule has 0 spiro atoms. The first-order chi connectivity index (χ1) is 12.6. The van der Waals surface area contributed by atoms with Gasteiger partial charge >= 0.3 is 12.4 Å². The number of anilines is 1. The van der Waals surface area contributed by atoms with Gasteiger partial charge in [0.25, 0.3) is 5.91 Å². The molecule has 0 aromatic heterocycles. The number of alkyl halides is 6. The second kappa shape index (κ2) is 7.46. The van der Waals surface area contributed by atoms with Crippen LogP contribution in [-0.2, 0) is 27.9 Å². The van der Waals surface area contributed by atoms with Gasteiger partial charge in [0.1, 0.15) is 0 Å². The number of nitrogens with one attached hydrogen (secondary N) is 1. The number of sulfone groups is 1. The minimum absolute atomic E-state index is 0.0460. The molecule has 152 valence electrons. The van der Waals surface area contributed by atoms with E-state index in [0.717, 1.165) is 6.26 Å². The van der Waals surface area contributed by atoms with Crippen LogP contribution in [0.2, 0.25) is 0 Å². The van der Waals surface area contributed by atoms with Crippen molar-refractivity contribution in [2.24, 2.45) is 0 Å². The number of halogens is 6. The molecule has 0 aliphatic carbocycles. The Morgan fingerprint density at radius 1 is 0.893 bits per heavy atom. The van der Waals surface area contributed by atoms with E-state index in [0.29, 0.717) is 17.7 Å². The summed E-state index contributed by atoms with van der Waals surface area (Å²) in [4.78, 5) is 12.1. The molecular weight excluding hydrogens is 412 g/mol. The Morgan fingerprint density at radius 2 is 1.36 bits per heavy atom. The van der Waals surface area contributed by atoms with Gasteiger partial charge in [-0.15, -0.1) is 0 Å². The summed E-state index contributed by atoms with van der Waals surface area (Å²) in [6, 6.07) is 5.82. The van der Waals surface area contributed by atoms with E-state index in [9.17, 15) is 39.6 Å². The van der Waals surface area contributed by atoms with E-state index < -0.39 is 44.9 Å². The molecule has 0 fully saturated rings. The van der Waals surface area contributed by atoms with Crippen LogP contribution in [0.5, 0.6) is 0 Å². The van der Waals surface area contributed by atoms with E-state index in [1.54, 1.807) is 0 Å². The molecule has 28 heavy (non-hydrogen) atoms. The molecule has 0 aliphatic heterocycles. The lowest BCUT2D eigenvalue weighted by atomic mass is 10.1. The minimum Gasteiger partial charge on any atom is -0.322 e. The molecule has 0 saturated carbocycles. The average Bonchev–Trinajstić information content (AvgIpc) is 2.52. The lowest BCUT2D eigenvalue weighted by Gasteiger charge is -2.15. The van der Waals surface area contributed by atoms with Gasteiger partial charge in [0.05, 0.1) is 16.9 Å². The third kappa shape index (κ3) is 5.98. The minimum atomic E-state index is -5.03. The molecule has 2 aromatic rings. The van der Waals surface area contributed by atoms with Crippen LogP contribution in [0.25, 0.3) is 0 Å². The summed E-state index contributed by atoms with van der Waals surface area (Å²) in [5.41, 5.74) is -3.48. The van der Waals surface area contributed by atoms with E-state index in [1.165, 1.54) is 24.3 Å². The number of rotatable bonds is 4. The van der Waals surface area contributed by atoms with Crippen molar-refractivity contribution in [1.29, 1.82) is 0 Å². The Balaban J connectivity index is 2.30. The van der Waals surface area contributed by atoms with Crippen molar-refractivity contribution in [3.63, 3.8) is 0 Å². The number of hydrogen-bond acceptors (Lipinski definition) is 3. The van der Waals surface area contributed by atoms with Crippen molar-refractivity contribution in [3.8, 4) is 0 Å². The molecule has 1 amide bonds. The molecule has 0 atom stereocenters. The first-order valence-corrected chi connectivity index (χ1v) is 9.59. The molecule has 0 aliphatic rings. The topological polar surface area (TPSA) is 63.2 Å². The second-order valence-electron chi connectivity index (χ2n) is 6.02. The smallest absolute Gasteiger partial charge is 0.322 e. The third-order valence-corrected chi connectivity index (χ3v) is 4.35. The largest absolute Gasteiger partial charge is 0.416 e. The highest BCUT2D eigenvalue weighted by Crippen LogP contribution is 2.37. The molecule has 2 aromatic carbocycles. The van der Waals surface area contributed by atoms with Gasteiger partial charge in [-0.25, -0.2) is 8.42 Å². The molecule has 11 heteroatoms. The summed E-state index contributed by atoms with van der Waals surface area (Å²) in [5, 5.41) is 1.99. The van der Waals surface area contributed by atoms with Crippen molar-refractivity contribution in [2.75, 3.05) is 11.6 Å². The van der Waals surface area contributed by atoms with Crippen molar-refractivity contribution in [1.82, 2.24) is 0 Å². The van der Waals surface area contributed by atoms with Gasteiger partial charge in [0.15, 0.2) is 9.84 Å². The van der Waals surface area contributed by atoms with Gasteiger partial charge < -0.3 is 5.32 Å². The van der Waals surface area contributed by atoms with Crippen LogP contribution < -0.4 is 5.32 Å². The molecule has 0 saturated heterocycles. The summed E-state index contributed by atoms with van der Waals surface area (Å²) in [7, 11) is -3.31. The number of carbonyl (C=O) groups excluding carboxylic acids is 1. The Hall–Kier alpha value is -2.56. The normalized spacial score (nSPS) is 12.7. The van der Waals surface area contributed by atoms with E-state index in [-0.39, 0.29) is 17.4 Å². The maximum atomic E-state index is 12.8. The van der Waals surface area contributed by atoms with Crippen molar-refractivity contribution < 1.29 is 39.6 Å². The molecule has 0 bridgehead atoms. The predicted molar refractivity (Wildman–Crippen MR) is 89.4 cm³/mol. The predicted octanol–water partition coefficient (Wildman–Crippen LogP) is 4.52. The summed E-state index contributed by atoms with van der Waals surface area (Å²) in [5.74, 6) is -1.23. The van der Waals surface area contributed by atoms with Gasteiger partial charge in [-0.2, -0.15) is 26.3 Å². The van der Waals surface area contributed by atoms with E-state index in [4.69, 9.17) is 0 Å². The fourth-order valence-electron chi connectivity index (χ4n) is 2.29. The molecular formula is C17H13F6NO3S. The lowest BCUT2D eigenvalue weighted by molar-refractivity contribution is -0.143. The van der Waals surface area contributed by atoms with Crippen LogP contribution in [-0.4, -0.2) is 20.6 Å². The van der Waals surface area contributed by atoms with Crippen LogP contribution in [0.4, 0.5) is 32.0 Å². The van der Waals surface area contributed by atoms with E-state index in [2.05, 4.69) is 0 Å². The number of benzene rings is 2. The molecule has 4 nitrogen and oxygen atoms in total. The Labute approximate surface area is 156 Å². The fourth-order valence-corrected chi connectivity index (χ4v) is 3.08. The average molecular weight is 425 g/mol. The first kappa shape index (κ1) is 21.7. The second-order valence-corrected chi connectivity index (χ2v) is 8.16. The first-order valence-electron chi connectivity index (χ1n) is 7.53. The Morgan fingerprint density at radius 3 is 1.75 bits per heavy atom. The highest BCUT2D eigenvalue weighted by Gasteiger charge is 2.37. The monoisotopic (exact) mass is 425 g/mol. The Kier molecular flexibility index (Phi) is 5.79. The summed E-state index contributed by atoms with van der Waals surface area (Å²) < 4.78 is 99.5. The van der Waals surface area contributed by atoms with Gasteiger partial charge in [-0.1, -0.05) is 12.1 Å². The lowest BCUT2D eigenvalue weighted by Crippen LogP contribution is -2.16. The SMILES string of the molecule is CS(=O)(=O)Cc1ccc(C(=O)Nc2cc(C(F)(F)F)cc(C(F)(F)F)c2)cc1. The van der Waals surface area contributed by atoms with Gasteiger partial charge in [0, 0.05) is 17.5 Å². The maximum Gasteiger partial charge on any atom is 0.416 e. The summed E-state index contributed by atoms with van der Waals surface area (Å²) >= 11 is 0. The van der Waals surface area contributed by atoms with Gasteiger partial charge in [-0.3, -0.25) is 4.79 Å². The zero-order chi connectivity index (χ0) is 21.3. The molecule has 2 rings (SSSR count). The van der Waals surface area contributed by atoms with Crippen molar-refractivity contribution in [2.45, 2.75) is 18.1 Å². The fraction of sp³-hybridized carbons (Fsp3) is 0.235. The Bertz CT molecular complexity index is 947. The van der Waals surface area contributed by atoms with Crippen molar-refractivity contribution in [3.05, 3.63) is 64.7 Å². The molecule has 0 radical (unpaired) electrons. The van der Waals surface area contributed by atoms with Crippen LogP contribution in [0.3, 0.4) is 0 Å². The molecule has 0 heterocycles. The summed E-state index contributed by atoms with van der Waals surface area (Å²) in [6.07, 6.45) is -9.05. The standard InChI is InChI=1S/C17H13F6NO3S/c1-28(26,27)9-10-2-4-11(5-3-10)15(25)24-14-7-12(16(18,19)20)6-13(8-14)17(21,22)23/h2-8H,9H2,1H3,(H,24,25).